The van der Waals surface area contributed by atoms with Gasteiger partial charge in [-0.15, -0.1) is 5.10 Å². The Morgan fingerprint density at radius 1 is 1.39 bits per heavy atom. The SMILES string of the molecule is COCc1[nH]nc2c1C(c1c(Cl)cccc1Cl)C(C#N)=C(N)O2. The van der Waals surface area contributed by atoms with Crippen LogP contribution in [0.4, 0.5) is 0 Å². The molecule has 0 saturated heterocycles. The molecule has 0 amide bonds. The minimum absolute atomic E-state index is 0.0172. The summed E-state index contributed by atoms with van der Waals surface area (Å²) in [4.78, 5) is 0. The van der Waals surface area contributed by atoms with Crippen molar-refractivity contribution in [2.24, 2.45) is 5.73 Å². The van der Waals surface area contributed by atoms with Crippen LogP contribution in [-0.2, 0) is 11.3 Å². The predicted molar refractivity (Wildman–Crippen MR) is 85.1 cm³/mol. The number of halogens is 2. The lowest BCUT2D eigenvalue weighted by molar-refractivity contribution is 0.180. The van der Waals surface area contributed by atoms with Crippen molar-refractivity contribution in [2.45, 2.75) is 12.5 Å². The molecular weight excluding hydrogens is 339 g/mol. The van der Waals surface area contributed by atoms with Crippen LogP contribution in [0.1, 0.15) is 22.7 Å². The second-order valence-corrected chi connectivity index (χ2v) is 5.73. The van der Waals surface area contributed by atoms with E-state index in [1.807, 2.05) is 0 Å². The highest BCUT2D eigenvalue weighted by atomic mass is 35.5. The summed E-state index contributed by atoms with van der Waals surface area (Å²) < 4.78 is 10.6. The number of nitrogens with one attached hydrogen (secondary N) is 1. The third-order valence-corrected chi connectivity index (χ3v) is 4.25. The number of methoxy groups -OCH3 is 1. The molecule has 3 rings (SSSR count). The maximum absolute atomic E-state index is 9.54. The van der Waals surface area contributed by atoms with Gasteiger partial charge >= 0.3 is 0 Å². The first kappa shape index (κ1) is 15.7. The fourth-order valence-corrected chi connectivity index (χ4v) is 3.25. The number of aromatic nitrogens is 2. The average Bonchev–Trinajstić information content (AvgIpc) is 2.90. The first-order chi connectivity index (χ1) is 11.1. The Balaban J connectivity index is 2.29. The van der Waals surface area contributed by atoms with Crippen LogP contribution in [0.2, 0.25) is 10.0 Å². The molecule has 1 aromatic heterocycles. The van der Waals surface area contributed by atoms with Crippen molar-refractivity contribution in [1.29, 1.82) is 5.26 Å². The van der Waals surface area contributed by atoms with Crippen molar-refractivity contribution >= 4 is 23.2 Å². The molecule has 2 heterocycles. The van der Waals surface area contributed by atoms with Crippen LogP contribution < -0.4 is 10.5 Å². The predicted octanol–water partition coefficient (Wildman–Crippen LogP) is 3.08. The number of hydrogen-bond donors (Lipinski definition) is 2. The number of fused-ring (bicyclic) bond motifs is 1. The highest BCUT2D eigenvalue weighted by Gasteiger charge is 2.37. The van der Waals surface area contributed by atoms with E-state index in [-0.39, 0.29) is 23.9 Å². The first-order valence-corrected chi connectivity index (χ1v) is 7.41. The Labute approximate surface area is 142 Å². The second-order valence-electron chi connectivity index (χ2n) is 4.91. The van der Waals surface area contributed by atoms with Gasteiger partial charge in [0.2, 0.25) is 11.8 Å². The van der Waals surface area contributed by atoms with Crippen molar-refractivity contribution in [3.05, 3.63) is 56.5 Å². The van der Waals surface area contributed by atoms with E-state index in [0.29, 0.717) is 26.9 Å². The van der Waals surface area contributed by atoms with Gasteiger partial charge in [-0.05, 0) is 12.1 Å². The van der Waals surface area contributed by atoms with Gasteiger partial charge in [-0.1, -0.05) is 29.3 Å². The molecule has 8 heteroatoms. The number of H-pyrrole nitrogens is 1. The van der Waals surface area contributed by atoms with E-state index in [2.05, 4.69) is 16.3 Å². The minimum Gasteiger partial charge on any atom is -0.420 e. The lowest BCUT2D eigenvalue weighted by atomic mass is 9.84. The van der Waals surface area contributed by atoms with Crippen LogP contribution in [0.3, 0.4) is 0 Å². The van der Waals surface area contributed by atoms with E-state index >= 15 is 0 Å². The van der Waals surface area contributed by atoms with E-state index in [1.165, 1.54) is 0 Å². The molecule has 1 aliphatic heterocycles. The van der Waals surface area contributed by atoms with E-state index in [9.17, 15) is 5.26 Å². The Hall–Kier alpha value is -2.20. The van der Waals surface area contributed by atoms with Crippen molar-refractivity contribution in [3.63, 3.8) is 0 Å². The number of ether oxygens (including phenoxy) is 2. The zero-order chi connectivity index (χ0) is 16.6. The summed E-state index contributed by atoms with van der Waals surface area (Å²) >= 11 is 12.7. The fraction of sp³-hybridized carbons (Fsp3) is 0.200. The molecule has 0 fully saturated rings. The zero-order valence-corrected chi connectivity index (χ0v) is 13.6. The molecule has 0 radical (unpaired) electrons. The third-order valence-electron chi connectivity index (χ3n) is 3.59. The number of rotatable bonds is 3. The standard InChI is InChI=1S/C15H12Cl2N4O2/c1-22-6-10-13-11(12-8(16)3-2-4-9(12)17)7(5-18)14(19)23-15(13)21-20-10/h2-4,11H,6,19H2,1H3,(H,20,21). The molecule has 1 aliphatic rings. The maximum Gasteiger partial charge on any atom is 0.244 e. The molecule has 2 aromatic rings. The molecule has 1 aromatic carbocycles. The van der Waals surface area contributed by atoms with Gasteiger partial charge in [-0.3, -0.25) is 5.10 Å². The number of nitrogens with zero attached hydrogens (tertiary/aromatic N) is 2. The quantitative estimate of drug-likeness (QED) is 0.886. The van der Waals surface area contributed by atoms with Gasteiger partial charge in [-0.25, -0.2) is 0 Å². The molecule has 1 atom stereocenters. The van der Waals surface area contributed by atoms with Gasteiger partial charge in [0.05, 0.1) is 23.8 Å². The summed E-state index contributed by atoms with van der Waals surface area (Å²) in [6.07, 6.45) is 0. The van der Waals surface area contributed by atoms with Gasteiger partial charge in [-0.2, -0.15) is 5.26 Å². The van der Waals surface area contributed by atoms with Crippen LogP contribution in [0.25, 0.3) is 0 Å². The lowest BCUT2D eigenvalue weighted by Gasteiger charge is -2.25. The Morgan fingerprint density at radius 3 is 2.70 bits per heavy atom. The molecule has 0 bridgehead atoms. The minimum atomic E-state index is -0.575. The normalized spacial score (nSPS) is 16.7. The van der Waals surface area contributed by atoms with Crippen LogP contribution in [0.5, 0.6) is 5.88 Å². The van der Waals surface area contributed by atoms with E-state index < -0.39 is 5.92 Å². The van der Waals surface area contributed by atoms with Gasteiger partial charge in [0, 0.05) is 22.7 Å². The van der Waals surface area contributed by atoms with Crippen molar-refractivity contribution in [3.8, 4) is 11.9 Å². The van der Waals surface area contributed by atoms with Crippen LogP contribution in [0.15, 0.2) is 29.7 Å². The molecule has 6 nitrogen and oxygen atoms in total. The molecule has 0 saturated carbocycles. The second kappa shape index (κ2) is 6.13. The topological polar surface area (TPSA) is 97.0 Å². The van der Waals surface area contributed by atoms with Crippen LogP contribution in [0, 0.1) is 11.3 Å². The summed E-state index contributed by atoms with van der Waals surface area (Å²) in [6, 6.07) is 7.24. The van der Waals surface area contributed by atoms with Crippen molar-refractivity contribution < 1.29 is 9.47 Å². The monoisotopic (exact) mass is 350 g/mol. The smallest absolute Gasteiger partial charge is 0.244 e. The largest absolute Gasteiger partial charge is 0.420 e. The van der Waals surface area contributed by atoms with Crippen LogP contribution >= 0.6 is 23.2 Å². The van der Waals surface area contributed by atoms with E-state index in [0.717, 1.165) is 0 Å². The molecule has 0 aliphatic carbocycles. The molecule has 0 spiro atoms. The number of benzene rings is 1. The van der Waals surface area contributed by atoms with Crippen molar-refractivity contribution in [2.75, 3.05) is 7.11 Å². The van der Waals surface area contributed by atoms with E-state index in [4.69, 9.17) is 38.4 Å². The number of nitrogens with two attached hydrogens (primary N) is 1. The summed E-state index contributed by atoms with van der Waals surface area (Å²) in [5.41, 5.74) is 8.01. The van der Waals surface area contributed by atoms with Crippen molar-refractivity contribution in [1.82, 2.24) is 10.2 Å². The molecule has 23 heavy (non-hydrogen) atoms. The van der Waals surface area contributed by atoms with Gasteiger partial charge in [0.15, 0.2) is 0 Å². The highest BCUT2D eigenvalue weighted by Crippen LogP contribution is 2.47. The number of hydrogen-bond acceptors (Lipinski definition) is 5. The summed E-state index contributed by atoms with van der Waals surface area (Å²) in [5.74, 6) is -0.306. The van der Waals surface area contributed by atoms with Gasteiger partial charge < -0.3 is 15.2 Å². The average molecular weight is 351 g/mol. The molecule has 1 unspecified atom stereocenters. The number of nitriles is 1. The Kier molecular flexibility index (Phi) is 4.18. The Bertz CT molecular complexity index is 818. The zero-order valence-electron chi connectivity index (χ0n) is 12.1. The number of aromatic amines is 1. The summed E-state index contributed by atoms with van der Waals surface area (Å²) in [5, 5.41) is 17.3. The first-order valence-electron chi connectivity index (χ1n) is 6.66. The van der Waals surface area contributed by atoms with Gasteiger partial charge in [0.25, 0.3) is 0 Å². The maximum atomic E-state index is 9.54. The lowest BCUT2D eigenvalue weighted by Crippen LogP contribution is -2.21. The summed E-state index contributed by atoms with van der Waals surface area (Å²) in [7, 11) is 1.56. The summed E-state index contributed by atoms with van der Waals surface area (Å²) in [6.45, 7) is 0.267. The highest BCUT2D eigenvalue weighted by molar-refractivity contribution is 6.36. The molecular formula is C15H12Cl2N4O2. The molecule has 3 N–H and O–H groups in total. The Morgan fingerprint density at radius 2 is 2.09 bits per heavy atom. The van der Waals surface area contributed by atoms with Gasteiger partial charge in [0.1, 0.15) is 11.6 Å². The van der Waals surface area contributed by atoms with Crippen LogP contribution in [-0.4, -0.2) is 17.3 Å². The fourth-order valence-electron chi connectivity index (χ4n) is 2.64. The third kappa shape index (κ3) is 2.53. The molecule has 118 valence electrons. The van der Waals surface area contributed by atoms with E-state index in [1.54, 1.807) is 25.3 Å². The number of allylic oxidation sites excluding steroid dienone is 1.